The highest BCUT2D eigenvalue weighted by Gasteiger charge is 2.25. The van der Waals surface area contributed by atoms with Crippen LogP contribution in [0.15, 0.2) is 0 Å². The summed E-state index contributed by atoms with van der Waals surface area (Å²) in [7, 11) is 0. The number of carbonyl (C=O) groups is 1. The van der Waals surface area contributed by atoms with Crippen molar-refractivity contribution in [2.45, 2.75) is 65.8 Å². The van der Waals surface area contributed by atoms with Crippen LogP contribution in [-0.4, -0.2) is 23.7 Å². The van der Waals surface area contributed by atoms with Crippen LogP contribution in [0.3, 0.4) is 0 Å². The van der Waals surface area contributed by atoms with E-state index in [1.54, 1.807) is 0 Å². The molecule has 1 saturated carbocycles. The molecule has 0 aromatic carbocycles. The van der Waals surface area contributed by atoms with Gasteiger partial charge in [0.05, 0.1) is 0 Å². The Bertz CT molecular complexity index is 268. The average Bonchev–Trinajstić information content (AvgIpc) is 2.34. The zero-order valence-corrected chi connectivity index (χ0v) is 13.0. The lowest BCUT2D eigenvalue weighted by Crippen LogP contribution is -2.41. The molecule has 19 heavy (non-hydrogen) atoms. The normalized spacial score (nSPS) is 25.8. The van der Waals surface area contributed by atoms with Crippen molar-refractivity contribution in [2.24, 2.45) is 23.7 Å². The van der Waals surface area contributed by atoms with Crippen LogP contribution < -0.4 is 5.32 Å². The molecule has 0 aromatic rings. The predicted molar refractivity (Wildman–Crippen MR) is 79.2 cm³/mol. The van der Waals surface area contributed by atoms with E-state index in [9.17, 15) is 9.90 Å². The third kappa shape index (κ3) is 5.94. The Labute approximate surface area is 118 Å². The molecule has 0 heterocycles. The highest BCUT2D eigenvalue weighted by atomic mass is 16.4. The first kappa shape index (κ1) is 16.5. The van der Waals surface area contributed by atoms with E-state index in [-0.39, 0.29) is 6.04 Å². The summed E-state index contributed by atoms with van der Waals surface area (Å²) >= 11 is 0. The topological polar surface area (TPSA) is 49.3 Å². The molecule has 3 nitrogen and oxygen atoms in total. The number of hydrogen-bond donors (Lipinski definition) is 2. The highest BCUT2D eigenvalue weighted by molar-refractivity contribution is 5.73. The minimum Gasteiger partial charge on any atom is -0.480 e. The second-order valence-corrected chi connectivity index (χ2v) is 6.95. The van der Waals surface area contributed by atoms with Crippen LogP contribution >= 0.6 is 0 Å². The Morgan fingerprint density at radius 3 is 2.16 bits per heavy atom. The van der Waals surface area contributed by atoms with E-state index in [4.69, 9.17) is 0 Å². The van der Waals surface area contributed by atoms with Crippen molar-refractivity contribution in [2.75, 3.05) is 6.54 Å². The Morgan fingerprint density at radius 2 is 1.74 bits per heavy atom. The maximum Gasteiger partial charge on any atom is 0.320 e. The lowest BCUT2D eigenvalue weighted by molar-refractivity contribution is -0.140. The smallest absolute Gasteiger partial charge is 0.320 e. The lowest BCUT2D eigenvalue weighted by atomic mass is 9.77. The van der Waals surface area contributed by atoms with Crippen LogP contribution in [-0.2, 0) is 4.79 Å². The molecule has 0 amide bonds. The minimum absolute atomic E-state index is 0.372. The number of rotatable bonds is 7. The van der Waals surface area contributed by atoms with E-state index in [0.717, 1.165) is 24.8 Å². The first-order valence-corrected chi connectivity index (χ1v) is 7.86. The fourth-order valence-corrected chi connectivity index (χ4v) is 3.11. The Kier molecular flexibility index (Phi) is 6.84. The third-order valence-electron chi connectivity index (χ3n) is 4.49. The van der Waals surface area contributed by atoms with E-state index in [0.29, 0.717) is 11.8 Å². The van der Waals surface area contributed by atoms with E-state index < -0.39 is 5.97 Å². The first-order valence-electron chi connectivity index (χ1n) is 7.86. The first-order chi connectivity index (χ1) is 8.90. The quantitative estimate of drug-likeness (QED) is 0.743. The molecule has 1 aliphatic carbocycles. The summed E-state index contributed by atoms with van der Waals surface area (Å²) < 4.78 is 0. The van der Waals surface area contributed by atoms with Gasteiger partial charge in [-0.15, -0.1) is 0 Å². The van der Waals surface area contributed by atoms with Gasteiger partial charge in [0, 0.05) is 0 Å². The number of hydrogen-bond acceptors (Lipinski definition) is 2. The molecule has 0 aliphatic heterocycles. The number of nitrogens with one attached hydrogen (secondary N) is 1. The molecule has 1 fully saturated rings. The summed E-state index contributed by atoms with van der Waals surface area (Å²) in [5.74, 6) is 2.06. The zero-order chi connectivity index (χ0) is 14.4. The summed E-state index contributed by atoms with van der Waals surface area (Å²) in [5.41, 5.74) is 0. The van der Waals surface area contributed by atoms with Gasteiger partial charge in [0.15, 0.2) is 0 Å². The molecule has 0 unspecified atom stereocenters. The van der Waals surface area contributed by atoms with Crippen LogP contribution in [0.5, 0.6) is 0 Å². The van der Waals surface area contributed by atoms with Crippen LogP contribution in [0, 0.1) is 23.7 Å². The second kappa shape index (κ2) is 7.88. The van der Waals surface area contributed by atoms with E-state index in [2.05, 4.69) is 33.0 Å². The van der Waals surface area contributed by atoms with Crippen molar-refractivity contribution in [3.05, 3.63) is 0 Å². The standard InChI is InChI=1S/C16H31NO2/c1-11(2)9-15(16(18)19)17-10-13-5-7-14(8-6-13)12(3)4/h11-15,17H,5-10H2,1-4H3,(H,18,19)/t13?,14?,15-/m1/s1. The number of carboxylic acid groups (broad SMARTS) is 1. The largest absolute Gasteiger partial charge is 0.480 e. The van der Waals surface area contributed by atoms with Crippen molar-refractivity contribution >= 4 is 5.97 Å². The average molecular weight is 269 g/mol. The van der Waals surface area contributed by atoms with Gasteiger partial charge in [0.25, 0.3) is 0 Å². The number of carboxylic acids is 1. The summed E-state index contributed by atoms with van der Waals surface area (Å²) in [6.45, 7) is 9.64. The Balaban J connectivity index is 2.30. The van der Waals surface area contributed by atoms with Crippen molar-refractivity contribution in [1.29, 1.82) is 0 Å². The monoisotopic (exact) mass is 269 g/mol. The summed E-state index contributed by atoms with van der Waals surface area (Å²) in [6, 6.07) is -0.372. The maximum atomic E-state index is 11.2. The van der Waals surface area contributed by atoms with Gasteiger partial charge in [0.2, 0.25) is 0 Å². The van der Waals surface area contributed by atoms with Gasteiger partial charge in [-0.25, -0.2) is 0 Å². The molecular formula is C16H31NO2. The SMILES string of the molecule is CC(C)C[C@@H](NCC1CCC(C(C)C)CC1)C(=O)O. The van der Waals surface area contributed by atoms with E-state index in [1.807, 2.05) is 0 Å². The zero-order valence-electron chi connectivity index (χ0n) is 13.0. The lowest BCUT2D eigenvalue weighted by Gasteiger charge is -2.31. The third-order valence-corrected chi connectivity index (χ3v) is 4.49. The summed E-state index contributed by atoms with van der Waals surface area (Å²) in [6.07, 6.45) is 5.85. The van der Waals surface area contributed by atoms with Gasteiger partial charge in [-0.1, -0.05) is 27.7 Å². The second-order valence-electron chi connectivity index (χ2n) is 6.95. The summed E-state index contributed by atoms with van der Waals surface area (Å²) in [5, 5.41) is 12.5. The van der Waals surface area contributed by atoms with Gasteiger partial charge in [-0.05, 0) is 62.3 Å². The van der Waals surface area contributed by atoms with Gasteiger partial charge in [-0.2, -0.15) is 0 Å². The molecule has 0 spiro atoms. The molecule has 3 heteroatoms. The Morgan fingerprint density at radius 1 is 1.16 bits per heavy atom. The molecule has 1 aliphatic rings. The van der Waals surface area contributed by atoms with Crippen LogP contribution in [0.2, 0.25) is 0 Å². The fraction of sp³-hybridized carbons (Fsp3) is 0.938. The van der Waals surface area contributed by atoms with Crippen molar-refractivity contribution < 1.29 is 9.90 Å². The molecule has 0 bridgehead atoms. The van der Waals surface area contributed by atoms with E-state index >= 15 is 0 Å². The van der Waals surface area contributed by atoms with Gasteiger partial charge in [-0.3, -0.25) is 4.79 Å². The highest BCUT2D eigenvalue weighted by Crippen LogP contribution is 2.32. The van der Waals surface area contributed by atoms with Crippen LogP contribution in [0.4, 0.5) is 0 Å². The number of aliphatic carboxylic acids is 1. The van der Waals surface area contributed by atoms with Crippen LogP contribution in [0.1, 0.15) is 59.8 Å². The van der Waals surface area contributed by atoms with Crippen molar-refractivity contribution in [3.63, 3.8) is 0 Å². The van der Waals surface area contributed by atoms with Crippen molar-refractivity contribution in [1.82, 2.24) is 5.32 Å². The molecule has 2 N–H and O–H groups in total. The van der Waals surface area contributed by atoms with Gasteiger partial charge >= 0.3 is 5.97 Å². The maximum absolute atomic E-state index is 11.2. The molecule has 0 saturated heterocycles. The molecule has 112 valence electrons. The predicted octanol–water partition coefficient (Wildman–Crippen LogP) is 3.54. The fourth-order valence-electron chi connectivity index (χ4n) is 3.11. The van der Waals surface area contributed by atoms with Crippen molar-refractivity contribution in [3.8, 4) is 0 Å². The van der Waals surface area contributed by atoms with Crippen LogP contribution in [0.25, 0.3) is 0 Å². The van der Waals surface area contributed by atoms with Gasteiger partial charge < -0.3 is 10.4 Å². The molecule has 0 radical (unpaired) electrons. The minimum atomic E-state index is -0.704. The van der Waals surface area contributed by atoms with Gasteiger partial charge in [0.1, 0.15) is 6.04 Å². The molecule has 1 rings (SSSR count). The van der Waals surface area contributed by atoms with E-state index in [1.165, 1.54) is 25.7 Å². The molecular weight excluding hydrogens is 238 g/mol. The molecule has 1 atom stereocenters. The summed E-state index contributed by atoms with van der Waals surface area (Å²) in [4.78, 5) is 11.2. The Hall–Kier alpha value is -0.570. The molecule has 0 aromatic heterocycles.